The van der Waals surface area contributed by atoms with Crippen molar-refractivity contribution in [1.29, 1.82) is 0 Å². The second-order valence-corrected chi connectivity index (χ2v) is 21.2. The number of nitrogens with zero attached hydrogens (tertiary/aromatic N) is 3. The van der Waals surface area contributed by atoms with Gasteiger partial charge in [0.2, 0.25) is 0 Å². The van der Waals surface area contributed by atoms with Crippen LogP contribution in [-0.4, -0.2) is 31.5 Å². The maximum absolute atomic E-state index is 5.57. The molecule has 0 spiro atoms. The summed E-state index contributed by atoms with van der Waals surface area (Å²) in [6.45, 7) is 14.6. The Labute approximate surface area is 184 Å². The first kappa shape index (κ1) is 22.6. The number of pyridine rings is 1. The van der Waals surface area contributed by atoms with E-state index >= 15 is 0 Å². The molecule has 3 rings (SSSR count). The van der Waals surface area contributed by atoms with Crippen molar-refractivity contribution in [2.45, 2.75) is 39.3 Å². The SMILES string of the molecule is C[Si](C)(C)N(/C(=N/P(c1ccccc1)c1ccccc1)c1ccncc1)[Si](C)(C)C. The fraction of sp³-hybridized carbons (Fsp3) is 0.250. The van der Waals surface area contributed by atoms with Crippen LogP contribution in [-0.2, 0) is 0 Å². The summed E-state index contributed by atoms with van der Waals surface area (Å²) in [5.74, 6) is 1.13. The van der Waals surface area contributed by atoms with E-state index in [1.165, 1.54) is 10.6 Å². The molecule has 1 aromatic heterocycles. The topological polar surface area (TPSA) is 28.5 Å². The third-order valence-corrected chi connectivity index (χ3v) is 13.8. The fourth-order valence-electron chi connectivity index (χ4n) is 3.87. The zero-order valence-corrected chi connectivity index (χ0v) is 21.8. The molecule has 30 heavy (non-hydrogen) atoms. The molecule has 0 saturated carbocycles. The van der Waals surface area contributed by atoms with Gasteiger partial charge in [-0.05, 0) is 12.1 Å². The van der Waals surface area contributed by atoms with E-state index in [4.69, 9.17) is 4.76 Å². The maximum atomic E-state index is 5.57. The van der Waals surface area contributed by atoms with E-state index < -0.39 is 24.5 Å². The quantitative estimate of drug-likeness (QED) is 0.204. The summed E-state index contributed by atoms with van der Waals surface area (Å²) in [5.41, 5.74) is 1.16. The normalized spacial score (nSPS) is 12.8. The third kappa shape index (κ3) is 5.54. The van der Waals surface area contributed by atoms with Crippen LogP contribution in [0.15, 0.2) is 90.0 Å². The van der Waals surface area contributed by atoms with Crippen LogP contribution >= 0.6 is 8.07 Å². The predicted molar refractivity (Wildman–Crippen MR) is 138 cm³/mol. The Balaban J connectivity index is 2.27. The Morgan fingerprint density at radius 2 is 1.13 bits per heavy atom. The molecule has 3 nitrogen and oxygen atoms in total. The monoisotopic (exact) mass is 449 g/mol. The number of rotatable bonds is 6. The van der Waals surface area contributed by atoms with Crippen LogP contribution in [0.2, 0.25) is 39.3 Å². The zero-order valence-electron chi connectivity index (χ0n) is 18.9. The summed E-state index contributed by atoms with van der Waals surface area (Å²) < 4.78 is 8.29. The number of benzene rings is 2. The van der Waals surface area contributed by atoms with Crippen molar-refractivity contribution in [1.82, 2.24) is 9.22 Å². The number of hydrogen-bond donors (Lipinski definition) is 0. The number of aromatic nitrogens is 1. The average Bonchev–Trinajstić information content (AvgIpc) is 2.71. The molecular weight excluding hydrogens is 417 g/mol. The first-order chi connectivity index (χ1) is 14.2. The van der Waals surface area contributed by atoms with Crippen molar-refractivity contribution in [3.05, 3.63) is 90.8 Å². The van der Waals surface area contributed by atoms with Crippen LogP contribution in [0.4, 0.5) is 0 Å². The lowest BCUT2D eigenvalue weighted by Gasteiger charge is -2.46. The standard InChI is InChI=1S/C24H32N3PSi2/c1-29(2,3)27(30(4,5)6)24(21-17-19-25-20-18-21)26-28(22-13-9-7-10-14-22)23-15-11-8-12-16-23/h7-20H,1-6H3/b26-24+. The van der Waals surface area contributed by atoms with E-state index in [2.05, 4.69) is 121 Å². The van der Waals surface area contributed by atoms with Crippen molar-refractivity contribution in [2.75, 3.05) is 0 Å². The Kier molecular flexibility index (Phi) is 7.07. The molecule has 156 valence electrons. The molecule has 0 aliphatic heterocycles. The van der Waals surface area contributed by atoms with Gasteiger partial charge >= 0.3 is 0 Å². The molecule has 0 atom stereocenters. The fourth-order valence-corrected chi connectivity index (χ4v) is 15.6. The van der Waals surface area contributed by atoms with Crippen LogP contribution in [0.1, 0.15) is 5.56 Å². The molecule has 0 bridgehead atoms. The Hall–Kier alpha value is -2.08. The van der Waals surface area contributed by atoms with Crippen molar-refractivity contribution < 1.29 is 0 Å². The summed E-state index contributed by atoms with van der Waals surface area (Å²) in [4.78, 5) is 4.26. The van der Waals surface area contributed by atoms with Gasteiger partial charge in [-0.2, -0.15) is 0 Å². The van der Waals surface area contributed by atoms with Crippen LogP contribution in [0.25, 0.3) is 0 Å². The summed E-state index contributed by atoms with van der Waals surface area (Å²) in [6.07, 6.45) is 3.76. The lowest BCUT2D eigenvalue weighted by molar-refractivity contribution is 0.901. The largest absolute Gasteiger partial charge is 0.409 e. The lowest BCUT2D eigenvalue weighted by atomic mass is 10.2. The molecule has 0 amide bonds. The first-order valence-electron chi connectivity index (χ1n) is 10.4. The van der Waals surface area contributed by atoms with Gasteiger partial charge in [0.25, 0.3) is 0 Å². The van der Waals surface area contributed by atoms with Gasteiger partial charge in [-0.15, -0.1) is 0 Å². The van der Waals surface area contributed by atoms with Crippen molar-refractivity contribution in [3.63, 3.8) is 0 Å². The molecule has 6 heteroatoms. The molecular formula is C24H32N3PSi2. The smallest absolute Gasteiger partial charge is 0.140 e. The minimum Gasteiger partial charge on any atom is -0.409 e. The highest BCUT2D eigenvalue weighted by molar-refractivity contribution is 7.72. The van der Waals surface area contributed by atoms with Gasteiger partial charge in [0.15, 0.2) is 0 Å². The highest BCUT2D eigenvalue weighted by atomic mass is 31.1. The first-order valence-corrected chi connectivity index (χ1v) is 18.6. The highest BCUT2D eigenvalue weighted by Gasteiger charge is 2.37. The minimum atomic E-state index is -1.68. The average molecular weight is 450 g/mol. The van der Waals surface area contributed by atoms with Gasteiger partial charge in [0.1, 0.15) is 22.3 Å². The van der Waals surface area contributed by atoms with E-state index in [1.54, 1.807) is 0 Å². The lowest BCUT2D eigenvalue weighted by Crippen LogP contribution is -2.62. The van der Waals surface area contributed by atoms with Gasteiger partial charge < -0.3 is 4.23 Å². The molecule has 3 aromatic rings. The van der Waals surface area contributed by atoms with Gasteiger partial charge in [0.05, 0.1) is 8.07 Å². The molecule has 0 unspecified atom stereocenters. The van der Waals surface area contributed by atoms with E-state index in [0.29, 0.717) is 0 Å². The Morgan fingerprint density at radius 1 is 0.700 bits per heavy atom. The van der Waals surface area contributed by atoms with Crippen LogP contribution in [0.5, 0.6) is 0 Å². The second kappa shape index (κ2) is 9.38. The third-order valence-electron chi connectivity index (χ3n) is 4.69. The predicted octanol–water partition coefficient (Wildman–Crippen LogP) is 5.85. The van der Waals surface area contributed by atoms with Crippen LogP contribution in [0, 0.1) is 0 Å². The van der Waals surface area contributed by atoms with E-state index in [9.17, 15) is 0 Å². The molecule has 1 heterocycles. The maximum Gasteiger partial charge on any atom is 0.140 e. The van der Waals surface area contributed by atoms with Gasteiger partial charge in [0, 0.05) is 28.6 Å². The van der Waals surface area contributed by atoms with Crippen LogP contribution in [0.3, 0.4) is 0 Å². The summed E-state index contributed by atoms with van der Waals surface area (Å²) >= 11 is 0. The van der Waals surface area contributed by atoms with Crippen molar-refractivity contribution in [2.24, 2.45) is 4.76 Å². The molecule has 0 N–H and O–H groups in total. The van der Waals surface area contributed by atoms with Crippen molar-refractivity contribution >= 4 is 41.0 Å². The molecule has 0 aliphatic rings. The second-order valence-electron chi connectivity index (χ2n) is 9.32. The van der Waals surface area contributed by atoms with Gasteiger partial charge in [-0.3, -0.25) is 4.98 Å². The molecule has 0 aliphatic carbocycles. The molecule has 0 radical (unpaired) electrons. The highest BCUT2D eigenvalue weighted by Crippen LogP contribution is 2.38. The van der Waals surface area contributed by atoms with E-state index in [-0.39, 0.29) is 0 Å². The van der Waals surface area contributed by atoms with E-state index in [0.717, 1.165) is 11.4 Å². The summed E-state index contributed by atoms with van der Waals surface area (Å²) in [5, 5.41) is 2.55. The Morgan fingerprint density at radius 3 is 1.53 bits per heavy atom. The van der Waals surface area contributed by atoms with Gasteiger partial charge in [-0.1, -0.05) is 99.9 Å². The molecule has 0 fully saturated rings. The van der Waals surface area contributed by atoms with Crippen molar-refractivity contribution in [3.8, 4) is 0 Å². The van der Waals surface area contributed by atoms with Gasteiger partial charge in [-0.25, -0.2) is 4.76 Å². The molecule has 2 aromatic carbocycles. The summed E-state index contributed by atoms with van der Waals surface area (Å²) in [7, 11) is -4.24. The number of amidine groups is 1. The zero-order chi connectivity index (χ0) is 21.8. The molecule has 0 saturated heterocycles. The number of hydrogen-bond acceptors (Lipinski definition) is 2. The van der Waals surface area contributed by atoms with Crippen LogP contribution < -0.4 is 10.6 Å². The summed E-state index contributed by atoms with van der Waals surface area (Å²) in [6, 6.07) is 25.7. The Bertz CT molecular complexity index is 913. The minimum absolute atomic E-state index is 0.870. The van der Waals surface area contributed by atoms with E-state index in [1.807, 2.05) is 12.4 Å².